The largest absolute Gasteiger partial charge is 0.497 e. The highest BCUT2D eigenvalue weighted by atomic mass is 32.2. The van der Waals surface area contributed by atoms with Gasteiger partial charge in [0, 0.05) is 41.5 Å². The zero-order valence-corrected chi connectivity index (χ0v) is 19.2. The maximum Gasteiger partial charge on any atom is 0.249 e. The molecular formula is C21H22N2O4S3. The summed E-state index contributed by atoms with van der Waals surface area (Å²) in [5.41, 5.74) is 1.03. The lowest BCUT2D eigenvalue weighted by Gasteiger charge is -2.05. The normalized spacial score (nSPS) is 13.2. The van der Waals surface area contributed by atoms with Crippen LogP contribution in [0.25, 0.3) is 10.2 Å². The number of carbonyl (C=O) groups excluding carboxylic acids is 1. The molecule has 158 valence electrons. The first-order valence-electron chi connectivity index (χ1n) is 9.44. The third-order valence-corrected chi connectivity index (χ3v) is 7.21. The van der Waals surface area contributed by atoms with Crippen molar-refractivity contribution in [3.05, 3.63) is 41.2 Å². The molecule has 0 radical (unpaired) electrons. The highest BCUT2D eigenvalue weighted by Crippen LogP contribution is 2.37. The van der Waals surface area contributed by atoms with E-state index in [0.29, 0.717) is 12.2 Å². The van der Waals surface area contributed by atoms with Crippen molar-refractivity contribution in [1.29, 1.82) is 0 Å². The van der Waals surface area contributed by atoms with Gasteiger partial charge >= 0.3 is 0 Å². The molecule has 0 unspecified atom stereocenters. The molecule has 2 aromatic carbocycles. The average molecular weight is 463 g/mol. The van der Waals surface area contributed by atoms with Crippen molar-refractivity contribution in [2.45, 2.75) is 17.9 Å². The molecule has 1 aliphatic heterocycles. The fraction of sp³-hybridized carbons (Fsp3) is 0.333. The van der Waals surface area contributed by atoms with Gasteiger partial charge in [-0.15, -0.1) is 11.8 Å². The lowest BCUT2D eigenvalue weighted by atomic mass is 10.3. The summed E-state index contributed by atoms with van der Waals surface area (Å²) in [6.45, 7) is 1.03. The number of nitrogens with zero attached hydrogens (tertiary/aromatic N) is 2. The molecule has 0 N–H and O–H groups in total. The first-order valence-corrected chi connectivity index (χ1v) is 12.6. The molecule has 0 fully saturated rings. The Morgan fingerprint density at radius 3 is 2.70 bits per heavy atom. The zero-order chi connectivity index (χ0) is 20.9. The lowest BCUT2D eigenvalue weighted by Crippen LogP contribution is -2.18. The third kappa shape index (κ3) is 4.79. The van der Waals surface area contributed by atoms with Crippen LogP contribution in [0.15, 0.2) is 46.3 Å². The van der Waals surface area contributed by atoms with Crippen molar-refractivity contribution in [2.24, 2.45) is 4.99 Å². The Hall–Kier alpha value is -2.10. The highest BCUT2D eigenvalue weighted by molar-refractivity contribution is 7.99. The summed E-state index contributed by atoms with van der Waals surface area (Å²) in [6.07, 6.45) is 2.46. The molecular weight excluding hydrogens is 440 g/mol. The number of hydrogen-bond acceptors (Lipinski definition) is 7. The molecule has 1 aliphatic rings. The Morgan fingerprint density at radius 1 is 1.20 bits per heavy atom. The molecule has 6 nitrogen and oxygen atoms in total. The molecule has 30 heavy (non-hydrogen) atoms. The van der Waals surface area contributed by atoms with Crippen LogP contribution in [0.4, 0.5) is 0 Å². The summed E-state index contributed by atoms with van der Waals surface area (Å²) in [4.78, 5) is 18.8. The van der Waals surface area contributed by atoms with Crippen molar-refractivity contribution in [3.8, 4) is 17.2 Å². The zero-order valence-electron chi connectivity index (χ0n) is 16.8. The molecule has 1 amide bonds. The van der Waals surface area contributed by atoms with Crippen LogP contribution in [0.3, 0.4) is 0 Å². The van der Waals surface area contributed by atoms with E-state index in [9.17, 15) is 4.79 Å². The predicted molar refractivity (Wildman–Crippen MR) is 123 cm³/mol. The number of benzene rings is 2. The Balaban J connectivity index is 1.50. The molecule has 0 saturated heterocycles. The number of thioether (sulfide) groups is 2. The van der Waals surface area contributed by atoms with Crippen LogP contribution in [-0.2, 0) is 11.3 Å². The maximum atomic E-state index is 12.5. The molecule has 2 heterocycles. The van der Waals surface area contributed by atoms with Crippen LogP contribution in [-0.4, -0.2) is 42.1 Å². The molecule has 0 saturated carbocycles. The summed E-state index contributed by atoms with van der Waals surface area (Å²) in [6, 6.07) is 11.8. The van der Waals surface area contributed by atoms with Gasteiger partial charge < -0.3 is 18.8 Å². The van der Waals surface area contributed by atoms with Crippen LogP contribution >= 0.6 is 34.9 Å². The van der Waals surface area contributed by atoms with Crippen LogP contribution < -0.4 is 19.0 Å². The van der Waals surface area contributed by atoms with Crippen LogP contribution in [0, 0.1) is 0 Å². The Morgan fingerprint density at radius 2 is 1.97 bits per heavy atom. The van der Waals surface area contributed by atoms with E-state index in [1.54, 1.807) is 30.6 Å². The quantitative estimate of drug-likeness (QED) is 0.462. The van der Waals surface area contributed by atoms with Gasteiger partial charge in [0.05, 0.1) is 17.3 Å². The summed E-state index contributed by atoms with van der Waals surface area (Å²) >= 11 is 4.92. The van der Waals surface area contributed by atoms with Crippen molar-refractivity contribution < 1.29 is 19.0 Å². The van der Waals surface area contributed by atoms with Gasteiger partial charge in [0.2, 0.25) is 12.7 Å². The second kappa shape index (κ2) is 9.80. The van der Waals surface area contributed by atoms with Crippen LogP contribution in [0.5, 0.6) is 17.2 Å². The Kier molecular flexibility index (Phi) is 6.91. The first kappa shape index (κ1) is 21.1. The molecule has 0 bridgehead atoms. The highest BCUT2D eigenvalue weighted by Gasteiger charge is 2.18. The van der Waals surface area contributed by atoms with Gasteiger partial charge in [-0.05, 0) is 30.5 Å². The minimum absolute atomic E-state index is 0.111. The number of ether oxygens (including phenoxy) is 3. The van der Waals surface area contributed by atoms with E-state index in [4.69, 9.17) is 14.2 Å². The molecule has 0 spiro atoms. The van der Waals surface area contributed by atoms with Crippen molar-refractivity contribution in [1.82, 2.24) is 4.57 Å². The summed E-state index contributed by atoms with van der Waals surface area (Å²) in [7, 11) is 1.65. The minimum Gasteiger partial charge on any atom is -0.497 e. The lowest BCUT2D eigenvalue weighted by molar-refractivity contribution is -0.117. The monoisotopic (exact) mass is 462 g/mol. The molecule has 0 atom stereocenters. The third-order valence-electron chi connectivity index (χ3n) is 4.56. The maximum absolute atomic E-state index is 12.5. The number of fused-ring (bicyclic) bond motifs is 2. The number of amides is 1. The van der Waals surface area contributed by atoms with E-state index in [-0.39, 0.29) is 12.7 Å². The predicted octanol–water partition coefficient (Wildman–Crippen LogP) is 4.41. The molecule has 0 aliphatic carbocycles. The van der Waals surface area contributed by atoms with E-state index >= 15 is 0 Å². The van der Waals surface area contributed by atoms with Gasteiger partial charge in [-0.1, -0.05) is 11.3 Å². The number of rotatable bonds is 8. The summed E-state index contributed by atoms with van der Waals surface area (Å²) in [5, 5.41) is 0. The standard InChI is InChI=1S/C21H22N2O4S3/c1-25-14-3-5-15(6-4-14)29-9-7-20(24)22-21-23(8-10-28-2)16-11-17-18(27-13-26-17)12-19(16)30-21/h3-6,11-12H,7-10,13H2,1-2H3. The second-order valence-corrected chi connectivity index (χ2v) is 9.64. The number of aryl methyl sites for hydroxylation is 1. The number of aromatic nitrogens is 1. The van der Waals surface area contributed by atoms with E-state index in [1.165, 1.54) is 11.3 Å². The fourth-order valence-corrected chi connectivity index (χ4v) is 5.32. The first-order chi connectivity index (χ1) is 14.7. The molecule has 4 rings (SSSR count). The summed E-state index contributed by atoms with van der Waals surface area (Å²) < 4.78 is 19.3. The number of methoxy groups -OCH3 is 1. The average Bonchev–Trinajstić information content (AvgIpc) is 3.34. The minimum atomic E-state index is -0.111. The Labute approximate surface area is 187 Å². The van der Waals surface area contributed by atoms with Gasteiger partial charge in [-0.3, -0.25) is 4.79 Å². The van der Waals surface area contributed by atoms with Crippen LogP contribution in [0.1, 0.15) is 6.42 Å². The smallest absolute Gasteiger partial charge is 0.249 e. The van der Waals surface area contributed by atoms with E-state index in [2.05, 4.69) is 15.8 Å². The van der Waals surface area contributed by atoms with Gasteiger partial charge in [0.15, 0.2) is 16.3 Å². The van der Waals surface area contributed by atoms with Crippen molar-refractivity contribution >= 4 is 51.0 Å². The van der Waals surface area contributed by atoms with E-state index in [0.717, 1.165) is 49.5 Å². The van der Waals surface area contributed by atoms with E-state index in [1.807, 2.05) is 36.4 Å². The summed E-state index contributed by atoms with van der Waals surface area (Å²) in [5.74, 6) is 3.82. The second-order valence-electron chi connectivity index (χ2n) is 6.48. The van der Waals surface area contributed by atoms with Gasteiger partial charge in [0.1, 0.15) is 5.75 Å². The number of hydrogen-bond donors (Lipinski definition) is 0. The van der Waals surface area contributed by atoms with E-state index < -0.39 is 0 Å². The van der Waals surface area contributed by atoms with Crippen LogP contribution in [0.2, 0.25) is 0 Å². The SMILES string of the molecule is COc1ccc(SCCC(=O)N=c2sc3cc4c(cc3n2CCSC)OCO4)cc1. The van der Waals surface area contributed by atoms with Crippen molar-refractivity contribution in [3.63, 3.8) is 0 Å². The van der Waals surface area contributed by atoms with Gasteiger partial charge in [-0.25, -0.2) is 0 Å². The molecule has 1 aromatic heterocycles. The number of carbonyl (C=O) groups is 1. The topological polar surface area (TPSA) is 62.0 Å². The fourth-order valence-electron chi connectivity index (χ4n) is 3.03. The van der Waals surface area contributed by atoms with Gasteiger partial charge in [-0.2, -0.15) is 16.8 Å². The number of thiazole rings is 1. The van der Waals surface area contributed by atoms with Gasteiger partial charge in [0.25, 0.3) is 0 Å². The molecule has 9 heteroatoms. The van der Waals surface area contributed by atoms with Crippen molar-refractivity contribution in [2.75, 3.05) is 31.7 Å². The Bertz CT molecular complexity index is 1110. The molecule has 3 aromatic rings.